The van der Waals surface area contributed by atoms with Gasteiger partial charge in [-0.05, 0) is 8.44 Å². The lowest BCUT2D eigenvalue weighted by Crippen LogP contribution is -1.78. The van der Waals surface area contributed by atoms with Gasteiger partial charge < -0.3 is 4.18 Å². The number of hydrogen-bond acceptors (Lipinski definition) is 3. The predicted molar refractivity (Wildman–Crippen MR) is 33.5 cm³/mol. The van der Waals surface area contributed by atoms with Crippen LogP contribution < -0.4 is 0 Å². The summed E-state index contributed by atoms with van der Waals surface area (Å²) in [5, 5.41) is 7.95. The minimum absolute atomic E-state index is 0.474. The zero-order chi connectivity index (χ0) is 5.54. The minimum atomic E-state index is 0.474. The molecule has 1 unspecified atom stereocenters. The fraction of sp³-hybridized carbons (Fsp3) is 0.667. The molecule has 40 valence electrons. The quantitative estimate of drug-likeness (QED) is 0.332. The van der Waals surface area contributed by atoms with Crippen molar-refractivity contribution in [1.29, 1.82) is 5.26 Å². The Morgan fingerprint density at radius 3 is 3.00 bits per heavy atom. The standard InChI is InChI=1S/C3H6NOPS/c4-2-1-3-5-7-6/h1,3,6H2. The van der Waals surface area contributed by atoms with Gasteiger partial charge in [0, 0.05) is 11.7 Å². The maximum atomic E-state index is 7.95. The molecule has 7 heavy (non-hydrogen) atoms. The Bertz CT molecular complexity index is 71.8. The van der Waals surface area contributed by atoms with Crippen molar-refractivity contribution < 1.29 is 4.18 Å². The van der Waals surface area contributed by atoms with Gasteiger partial charge in [0.15, 0.2) is 0 Å². The zero-order valence-corrected chi connectivity index (χ0v) is 5.73. The molecule has 0 aliphatic rings. The first-order valence-electron chi connectivity index (χ1n) is 1.77. The molecule has 0 spiro atoms. The molecule has 0 N–H and O–H groups in total. The lowest BCUT2D eigenvalue weighted by atomic mass is 10.5. The van der Waals surface area contributed by atoms with Crippen LogP contribution in [-0.4, -0.2) is 6.61 Å². The Balaban J connectivity index is 2.60. The van der Waals surface area contributed by atoms with E-state index in [2.05, 4.69) is 8.44 Å². The maximum absolute atomic E-state index is 7.95. The summed E-state index contributed by atoms with van der Waals surface area (Å²) in [6.07, 6.45) is 0.474. The van der Waals surface area contributed by atoms with Gasteiger partial charge in [-0.15, -0.1) is 0 Å². The van der Waals surface area contributed by atoms with E-state index in [0.717, 1.165) is 0 Å². The van der Waals surface area contributed by atoms with Gasteiger partial charge in [-0.3, -0.25) is 0 Å². The average Bonchev–Trinajstić information content (AvgIpc) is 1.69. The summed E-state index contributed by atoms with van der Waals surface area (Å²) in [7, 11) is 2.33. The Kier molecular flexibility index (Phi) is 6.43. The molecule has 0 rings (SSSR count). The highest BCUT2D eigenvalue weighted by Crippen LogP contribution is 2.10. The molecule has 0 amide bonds. The van der Waals surface area contributed by atoms with Crippen LogP contribution >= 0.6 is 20.1 Å². The molecule has 0 radical (unpaired) electrons. The summed E-state index contributed by atoms with van der Waals surface area (Å²) in [5.41, 5.74) is 0. The highest BCUT2D eigenvalue weighted by Gasteiger charge is 1.79. The van der Waals surface area contributed by atoms with Crippen LogP contribution in [0.3, 0.4) is 0 Å². The summed E-state index contributed by atoms with van der Waals surface area (Å²) in [6, 6.07) is 1.95. The summed E-state index contributed by atoms with van der Waals surface area (Å²) >= 11 is 1.21. The lowest BCUT2D eigenvalue weighted by molar-refractivity contribution is 0.391. The molecule has 0 saturated heterocycles. The van der Waals surface area contributed by atoms with Crippen molar-refractivity contribution in [1.82, 2.24) is 0 Å². The smallest absolute Gasteiger partial charge is 0.0748 e. The topological polar surface area (TPSA) is 33.0 Å². The molecular weight excluding hydrogens is 129 g/mol. The molecule has 0 aliphatic heterocycles. The van der Waals surface area contributed by atoms with E-state index in [1.807, 2.05) is 6.07 Å². The van der Waals surface area contributed by atoms with Gasteiger partial charge in [0.25, 0.3) is 0 Å². The molecule has 1 atom stereocenters. The van der Waals surface area contributed by atoms with Crippen molar-refractivity contribution in [2.45, 2.75) is 6.42 Å². The van der Waals surface area contributed by atoms with Crippen LogP contribution in [0.1, 0.15) is 6.42 Å². The molecule has 0 aromatic carbocycles. The number of hydrogen-bond donors (Lipinski definition) is 0. The predicted octanol–water partition coefficient (Wildman–Crippen LogP) is 1.35. The first-order valence-corrected chi connectivity index (χ1v) is 3.99. The van der Waals surface area contributed by atoms with Crippen LogP contribution in [0.5, 0.6) is 0 Å². The van der Waals surface area contributed by atoms with Gasteiger partial charge >= 0.3 is 0 Å². The third-order valence-corrected chi connectivity index (χ3v) is 1.08. The Hall–Kier alpha value is 0.230. The molecular formula is C3H6NOPS. The molecule has 0 aliphatic carbocycles. The Morgan fingerprint density at radius 2 is 2.57 bits per heavy atom. The second-order valence-electron chi connectivity index (χ2n) is 0.826. The minimum Gasteiger partial charge on any atom is -0.310 e. The van der Waals surface area contributed by atoms with E-state index in [1.54, 1.807) is 0 Å². The largest absolute Gasteiger partial charge is 0.310 e. The van der Waals surface area contributed by atoms with Crippen molar-refractivity contribution in [3.63, 3.8) is 0 Å². The van der Waals surface area contributed by atoms with Crippen LogP contribution in [0.4, 0.5) is 0 Å². The number of nitriles is 1. The highest BCUT2D eigenvalue weighted by atomic mass is 32.7. The van der Waals surface area contributed by atoms with E-state index in [0.29, 0.717) is 13.0 Å². The van der Waals surface area contributed by atoms with Crippen molar-refractivity contribution in [3.05, 3.63) is 0 Å². The first-order chi connectivity index (χ1) is 3.41. The van der Waals surface area contributed by atoms with Gasteiger partial charge in [-0.2, -0.15) is 5.26 Å². The Labute approximate surface area is 49.4 Å². The van der Waals surface area contributed by atoms with Gasteiger partial charge in [-0.25, -0.2) is 0 Å². The van der Waals surface area contributed by atoms with Gasteiger partial charge in [-0.1, -0.05) is 0 Å². The van der Waals surface area contributed by atoms with E-state index in [-0.39, 0.29) is 0 Å². The molecule has 0 aromatic heterocycles. The van der Waals surface area contributed by atoms with Crippen LogP contribution in [0.2, 0.25) is 0 Å². The third-order valence-electron chi connectivity index (χ3n) is 0.365. The number of nitrogens with zero attached hydrogens (tertiary/aromatic N) is 1. The molecule has 0 bridgehead atoms. The SMILES string of the molecule is N#CCCOSP. The summed E-state index contributed by atoms with van der Waals surface area (Å²) < 4.78 is 4.73. The van der Waals surface area contributed by atoms with Crippen LogP contribution in [0, 0.1) is 11.3 Å². The van der Waals surface area contributed by atoms with E-state index < -0.39 is 0 Å². The number of rotatable bonds is 3. The van der Waals surface area contributed by atoms with Gasteiger partial charge in [0.1, 0.15) is 0 Å². The molecule has 0 heterocycles. The fourth-order valence-corrected chi connectivity index (χ4v) is 0.604. The molecule has 2 nitrogen and oxygen atoms in total. The molecule has 0 fully saturated rings. The molecule has 0 aromatic rings. The van der Waals surface area contributed by atoms with E-state index in [1.165, 1.54) is 11.7 Å². The lowest BCUT2D eigenvalue weighted by Gasteiger charge is -1.88. The van der Waals surface area contributed by atoms with Crippen LogP contribution in [-0.2, 0) is 4.18 Å². The van der Waals surface area contributed by atoms with E-state index in [4.69, 9.17) is 9.44 Å². The van der Waals surface area contributed by atoms with Crippen molar-refractivity contribution >= 4 is 20.1 Å². The van der Waals surface area contributed by atoms with E-state index in [9.17, 15) is 0 Å². The summed E-state index contributed by atoms with van der Waals surface area (Å²) in [4.78, 5) is 0. The molecule has 4 heteroatoms. The van der Waals surface area contributed by atoms with Crippen molar-refractivity contribution in [2.75, 3.05) is 6.61 Å². The fourth-order valence-electron chi connectivity index (χ4n) is 0.135. The zero-order valence-electron chi connectivity index (χ0n) is 3.76. The molecule has 0 saturated carbocycles. The van der Waals surface area contributed by atoms with Crippen LogP contribution in [0.15, 0.2) is 0 Å². The van der Waals surface area contributed by atoms with Gasteiger partial charge in [0.05, 0.1) is 19.1 Å². The first kappa shape index (κ1) is 7.23. The summed E-state index contributed by atoms with van der Waals surface area (Å²) in [5.74, 6) is 0. The third kappa shape index (κ3) is 6.23. The average molecular weight is 135 g/mol. The van der Waals surface area contributed by atoms with Crippen molar-refractivity contribution in [3.8, 4) is 6.07 Å². The second-order valence-corrected chi connectivity index (χ2v) is 1.83. The second kappa shape index (κ2) is 6.23. The monoisotopic (exact) mass is 135 g/mol. The van der Waals surface area contributed by atoms with E-state index >= 15 is 0 Å². The summed E-state index contributed by atoms with van der Waals surface area (Å²) in [6.45, 7) is 0.519. The van der Waals surface area contributed by atoms with Crippen LogP contribution in [0.25, 0.3) is 0 Å². The van der Waals surface area contributed by atoms with Crippen molar-refractivity contribution in [2.24, 2.45) is 0 Å². The maximum Gasteiger partial charge on any atom is 0.0748 e. The van der Waals surface area contributed by atoms with Gasteiger partial charge in [0.2, 0.25) is 0 Å². The normalized spacial score (nSPS) is 8.00. The Morgan fingerprint density at radius 1 is 1.86 bits per heavy atom. The highest BCUT2D eigenvalue weighted by molar-refractivity contribution is 8.40.